The maximum Gasteiger partial charge on any atom is 0.325 e. The lowest BCUT2D eigenvalue weighted by molar-refractivity contribution is -0.130. The first-order chi connectivity index (χ1) is 14.8. The minimum Gasteiger partial charge on any atom is -0.507 e. The highest BCUT2D eigenvalue weighted by Crippen LogP contribution is 2.20. The number of hydrogen-bond acceptors (Lipinski definition) is 5. The van der Waals surface area contributed by atoms with Gasteiger partial charge in [0.25, 0.3) is 5.91 Å². The fourth-order valence-corrected chi connectivity index (χ4v) is 3.30. The first-order valence-corrected chi connectivity index (χ1v) is 10.1. The molecule has 2 aromatic carbocycles. The molecule has 0 unspecified atom stereocenters. The van der Waals surface area contributed by atoms with Gasteiger partial charge in [-0.25, -0.2) is 10.2 Å². The summed E-state index contributed by atoms with van der Waals surface area (Å²) >= 11 is 0. The van der Waals surface area contributed by atoms with Crippen molar-refractivity contribution in [1.29, 1.82) is 0 Å². The van der Waals surface area contributed by atoms with Crippen molar-refractivity contribution >= 4 is 23.6 Å². The third kappa shape index (κ3) is 5.48. The second-order valence-electron chi connectivity index (χ2n) is 7.86. The van der Waals surface area contributed by atoms with Crippen molar-refractivity contribution in [3.63, 3.8) is 0 Å². The molecule has 31 heavy (non-hydrogen) atoms. The van der Waals surface area contributed by atoms with E-state index in [0.29, 0.717) is 24.1 Å². The standard InChI is InChI=1S/C23H26N4O4/c1-23(2)21(30)27(22(31)24-23)15-14-20(29)26-25-18(17-10-6-7-11-19(17)28)13-12-16-8-4-3-5-9-16/h3-11,28H,12-15H2,1-2H3,(H,24,31)(H,26,29)/b25-18+. The topological polar surface area (TPSA) is 111 Å². The average molecular weight is 422 g/mol. The van der Waals surface area contributed by atoms with Crippen LogP contribution in [-0.2, 0) is 16.0 Å². The third-order valence-electron chi connectivity index (χ3n) is 5.03. The summed E-state index contributed by atoms with van der Waals surface area (Å²) in [6.45, 7) is 3.19. The number of nitrogens with one attached hydrogen (secondary N) is 2. The number of carbonyl (C=O) groups excluding carboxylic acids is 3. The molecular formula is C23H26N4O4. The molecule has 1 heterocycles. The molecule has 1 aliphatic rings. The predicted molar refractivity (Wildman–Crippen MR) is 116 cm³/mol. The lowest BCUT2D eigenvalue weighted by Crippen LogP contribution is -2.40. The van der Waals surface area contributed by atoms with Crippen molar-refractivity contribution in [2.24, 2.45) is 5.10 Å². The molecule has 0 saturated carbocycles. The van der Waals surface area contributed by atoms with Gasteiger partial charge >= 0.3 is 6.03 Å². The Morgan fingerprint density at radius 3 is 2.39 bits per heavy atom. The minimum atomic E-state index is -0.971. The molecule has 1 fully saturated rings. The number of aryl methyl sites for hydroxylation is 1. The molecular weight excluding hydrogens is 396 g/mol. The number of carbonyl (C=O) groups is 3. The zero-order valence-electron chi connectivity index (χ0n) is 17.6. The number of phenols is 1. The smallest absolute Gasteiger partial charge is 0.325 e. The molecule has 1 aliphatic heterocycles. The number of hydrogen-bond donors (Lipinski definition) is 3. The molecule has 0 bridgehead atoms. The lowest BCUT2D eigenvalue weighted by atomic mass is 10.0. The number of imide groups is 1. The first-order valence-electron chi connectivity index (χ1n) is 10.1. The maximum atomic E-state index is 12.3. The Kier molecular flexibility index (Phi) is 6.69. The molecule has 3 rings (SSSR count). The minimum absolute atomic E-state index is 0.0363. The molecule has 0 spiro atoms. The van der Waals surface area contributed by atoms with Gasteiger partial charge in [0.2, 0.25) is 5.91 Å². The van der Waals surface area contributed by atoms with Crippen molar-refractivity contribution in [2.75, 3.05) is 6.54 Å². The van der Waals surface area contributed by atoms with E-state index in [1.54, 1.807) is 38.1 Å². The summed E-state index contributed by atoms with van der Waals surface area (Å²) in [6.07, 6.45) is 1.11. The normalized spacial score (nSPS) is 15.7. The van der Waals surface area contributed by atoms with Gasteiger partial charge in [-0.3, -0.25) is 14.5 Å². The Morgan fingerprint density at radius 2 is 1.74 bits per heavy atom. The van der Waals surface area contributed by atoms with Crippen LogP contribution in [0.25, 0.3) is 0 Å². The van der Waals surface area contributed by atoms with Crippen molar-refractivity contribution in [1.82, 2.24) is 15.6 Å². The monoisotopic (exact) mass is 422 g/mol. The maximum absolute atomic E-state index is 12.3. The van der Waals surface area contributed by atoms with Crippen LogP contribution < -0.4 is 10.7 Å². The quantitative estimate of drug-likeness (QED) is 0.345. The van der Waals surface area contributed by atoms with E-state index in [9.17, 15) is 19.5 Å². The van der Waals surface area contributed by atoms with E-state index in [1.165, 1.54) is 0 Å². The Hall–Kier alpha value is -3.68. The average Bonchev–Trinajstić information content (AvgIpc) is 2.94. The van der Waals surface area contributed by atoms with E-state index < -0.39 is 17.5 Å². The van der Waals surface area contributed by atoms with Gasteiger partial charge < -0.3 is 10.4 Å². The Morgan fingerprint density at radius 1 is 1.06 bits per heavy atom. The number of amides is 4. The van der Waals surface area contributed by atoms with E-state index in [1.807, 2.05) is 30.3 Å². The number of para-hydroxylation sites is 1. The van der Waals surface area contributed by atoms with Gasteiger partial charge in [0.05, 0.1) is 5.71 Å². The summed E-state index contributed by atoms with van der Waals surface area (Å²) < 4.78 is 0. The predicted octanol–water partition coefficient (Wildman–Crippen LogP) is 2.57. The molecule has 0 radical (unpaired) electrons. The number of urea groups is 1. The van der Waals surface area contributed by atoms with Crippen molar-refractivity contribution in [2.45, 2.75) is 38.6 Å². The molecule has 8 nitrogen and oxygen atoms in total. The summed E-state index contributed by atoms with van der Waals surface area (Å²) in [4.78, 5) is 37.5. The molecule has 1 saturated heterocycles. The number of aromatic hydroxyl groups is 1. The number of phenolic OH excluding ortho intramolecular Hbond substituents is 1. The van der Waals surface area contributed by atoms with Gasteiger partial charge in [0.1, 0.15) is 11.3 Å². The van der Waals surface area contributed by atoms with Crippen molar-refractivity contribution in [3.05, 3.63) is 65.7 Å². The van der Waals surface area contributed by atoms with Gasteiger partial charge in [-0.05, 0) is 44.4 Å². The van der Waals surface area contributed by atoms with Crippen LogP contribution in [0.3, 0.4) is 0 Å². The van der Waals surface area contributed by atoms with E-state index in [4.69, 9.17) is 0 Å². The summed E-state index contributed by atoms with van der Waals surface area (Å²) in [7, 11) is 0. The highest BCUT2D eigenvalue weighted by Gasteiger charge is 2.43. The van der Waals surface area contributed by atoms with Crippen LogP contribution in [0.15, 0.2) is 59.7 Å². The number of nitrogens with zero attached hydrogens (tertiary/aromatic N) is 2. The third-order valence-corrected chi connectivity index (χ3v) is 5.03. The van der Waals surface area contributed by atoms with Gasteiger partial charge in [0, 0.05) is 18.5 Å². The van der Waals surface area contributed by atoms with Crippen LogP contribution in [-0.4, -0.2) is 45.6 Å². The molecule has 0 aliphatic carbocycles. The lowest BCUT2D eigenvalue weighted by Gasteiger charge is -2.15. The summed E-state index contributed by atoms with van der Waals surface area (Å²) in [5.41, 5.74) is 3.70. The summed E-state index contributed by atoms with van der Waals surface area (Å²) in [5.74, 6) is -0.727. The van der Waals surface area contributed by atoms with Gasteiger partial charge in [-0.15, -0.1) is 0 Å². The van der Waals surface area contributed by atoms with Crippen molar-refractivity contribution < 1.29 is 19.5 Å². The molecule has 162 valence electrons. The molecule has 3 N–H and O–H groups in total. The molecule has 0 atom stereocenters. The van der Waals surface area contributed by atoms with E-state index in [2.05, 4.69) is 15.8 Å². The largest absolute Gasteiger partial charge is 0.507 e. The highest BCUT2D eigenvalue weighted by molar-refractivity contribution is 6.06. The Bertz CT molecular complexity index is 1000. The van der Waals surface area contributed by atoms with Gasteiger partial charge in [-0.2, -0.15) is 5.10 Å². The molecule has 4 amide bonds. The van der Waals surface area contributed by atoms with Crippen LogP contribution in [0.2, 0.25) is 0 Å². The van der Waals surface area contributed by atoms with Crippen LogP contribution in [0.5, 0.6) is 5.75 Å². The van der Waals surface area contributed by atoms with Crippen LogP contribution in [0.1, 0.15) is 37.8 Å². The van der Waals surface area contributed by atoms with Crippen LogP contribution >= 0.6 is 0 Å². The second kappa shape index (κ2) is 9.42. The van der Waals surface area contributed by atoms with Crippen LogP contribution in [0, 0.1) is 0 Å². The fourth-order valence-electron chi connectivity index (χ4n) is 3.30. The molecule has 0 aromatic heterocycles. The summed E-state index contributed by atoms with van der Waals surface area (Å²) in [5, 5.41) is 17.0. The summed E-state index contributed by atoms with van der Waals surface area (Å²) in [6, 6.07) is 16.1. The Balaban J connectivity index is 1.65. The Labute approximate surface area is 181 Å². The zero-order chi connectivity index (χ0) is 22.4. The van der Waals surface area contributed by atoms with E-state index in [-0.39, 0.29) is 24.6 Å². The molecule has 2 aromatic rings. The first kappa shape index (κ1) is 22.0. The highest BCUT2D eigenvalue weighted by atomic mass is 16.3. The van der Waals surface area contributed by atoms with E-state index in [0.717, 1.165) is 10.5 Å². The van der Waals surface area contributed by atoms with Gasteiger partial charge in [-0.1, -0.05) is 42.5 Å². The van der Waals surface area contributed by atoms with Crippen LogP contribution in [0.4, 0.5) is 4.79 Å². The zero-order valence-corrected chi connectivity index (χ0v) is 17.6. The SMILES string of the molecule is CC1(C)NC(=O)N(CCC(=O)N/N=C(\CCc2ccccc2)c2ccccc2O)C1=O. The number of hydrazone groups is 1. The number of rotatable bonds is 8. The molecule has 8 heteroatoms. The second-order valence-corrected chi connectivity index (χ2v) is 7.86. The number of benzene rings is 2. The van der Waals surface area contributed by atoms with E-state index >= 15 is 0 Å². The van der Waals surface area contributed by atoms with Crippen molar-refractivity contribution in [3.8, 4) is 5.75 Å². The van der Waals surface area contributed by atoms with Gasteiger partial charge in [0.15, 0.2) is 0 Å². The fraction of sp³-hybridized carbons (Fsp3) is 0.304.